The fourth-order valence-corrected chi connectivity index (χ4v) is 1.26. The van der Waals surface area contributed by atoms with Gasteiger partial charge in [-0.15, -0.1) is 11.6 Å². The van der Waals surface area contributed by atoms with Gasteiger partial charge in [0.05, 0.1) is 12.6 Å². The van der Waals surface area contributed by atoms with Crippen LogP contribution in [0.25, 0.3) is 0 Å². The first-order valence-electron chi connectivity index (χ1n) is 4.75. The molecule has 0 unspecified atom stereocenters. The van der Waals surface area contributed by atoms with Crippen molar-refractivity contribution in [3.8, 4) is 0 Å². The number of rotatable bonds is 5. The molecule has 4 heteroatoms. The van der Waals surface area contributed by atoms with Crippen molar-refractivity contribution >= 4 is 17.7 Å². The van der Waals surface area contributed by atoms with Gasteiger partial charge >= 0.3 is 6.09 Å². The van der Waals surface area contributed by atoms with Gasteiger partial charge in [-0.3, -0.25) is 4.90 Å². The molecule has 1 aliphatic rings. The van der Waals surface area contributed by atoms with Crippen molar-refractivity contribution < 1.29 is 9.53 Å². The molecule has 0 saturated heterocycles. The summed E-state index contributed by atoms with van der Waals surface area (Å²) in [6.45, 7) is 3.21. The summed E-state index contributed by atoms with van der Waals surface area (Å²) in [7, 11) is 0. The van der Waals surface area contributed by atoms with Crippen molar-refractivity contribution in [2.75, 3.05) is 19.2 Å². The quantitative estimate of drug-likeness (QED) is 0.510. The molecule has 0 atom stereocenters. The first-order chi connectivity index (χ1) is 6.27. The molecule has 1 fully saturated rings. The summed E-state index contributed by atoms with van der Waals surface area (Å²) >= 11 is 5.64. The maximum Gasteiger partial charge on any atom is 0.410 e. The predicted molar refractivity (Wildman–Crippen MR) is 51.8 cm³/mol. The molecule has 0 radical (unpaired) electrons. The van der Waals surface area contributed by atoms with Gasteiger partial charge in [0.15, 0.2) is 0 Å². The molecule has 0 aromatic rings. The van der Waals surface area contributed by atoms with Gasteiger partial charge < -0.3 is 4.74 Å². The van der Waals surface area contributed by atoms with E-state index in [1.807, 2.05) is 6.92 Å². The Bertz CT molecular complexity index is 171. The number of hydrogen-bond acceptors (Lipinski definition) is 2. The topological polar surface area (TPSA) is 29.5 Å². The molecule has 1 saturated carbocycles. The summed E-state index contributed by atoms with van der Waals surface area (Å²) in [6.07, 6.45) is 3.01. The fraction of sp³-hybridized carbons (Fsp3) is 0.889. The van der Waals surface area contributed by atoms with Crippen LogP contribution in [-0.4, -0.2) is 30.1 Å². The third-order valence-corrected chi connectivity index (χ3v) is 2.30. The van der Waals surface area contributed by atoms with E-state index >= 15 is 0 Å². The standard InChI is InChI=1S/C9H16ClNO2/c1-2-5-13-9(12)11(7-10)6-8-3-4-8/h8H,2-7H2,1H3. The minimum atomic E-state index is -0.274. The van der Waals surface area contributed by atoms with Crippen molar-refractivity contribution in [3.63, 3.8) is 0 Å². The van der Waals surface area contributed by atoms with Gasteiger partial charge in [0, 0.05) is 6.54 Å². The molecule has 1 rings (SSSR count). The minimum Gasteiger partial charge on any atom is -0.449 e. The van der Waals surface area contributed by atoms with Crippen LogP contribution in [0.5, 0.6) is 0 Å². The molecule has 0 aromatic carbocycles. The first-order valence-corrected chi connectivity index (χ1v) is 5.29. The van der Waals surface area contributed by atoms with Crippen LogP contribution in [-0.2, 0) is 4.74 Å². The molecular formula is C9H16ClNO2. The molecule has 0 bridgehead atoms. The second-order valence-corrected chi connectivity index (χ2v) is 3.64. The van der Waals surface area contributed by atoms with Gasteiger partial charge in [0.2, 0.25) is 0 Å². The van der Waals surface area contributed by atoms with E-state index in [1.54, 1.807) is 4.90 Å². The van der Waals surface area contributed by atoms with E-state index in [1.165, 1.54) is 12.8 Å². The number of nitrogens with zero attached hydrogens (tertiary/aromatic N) is 1. The molecule has 1 aliphatic carbocycles. The van der Waals surface area contributed by atoms with Crippen molar-refractivity contribution in [2.45, 2.75) is 26.2 Å². The maximum atomic E-state index is 11.3. The van der Waals surface area contributed by atoms with Crippen molar-refractivity contribution in [2.24, 2.45) is 5.92 Å². The zero-order chi connectivity index (χ0) is 9.68. The van der Waals surface area contributed by atoms with Crippen LogP contribution in [0.1, 0.15) is 26.2 Å². The van der Waals surface area contributed by atoms with Crippen LogP contribution in [0.15, 0.2) is 0 Å². The highest BCUT2D eigenvalue weighted by Crippen LogP contribution is 2.29. The van der Waals surface area contributed by atoms with Crippen molar-refractivity contribution in [1.82, 2.24) is 4.90 Å². The molecule has 76 valence electrons. The van der Waals surface area contributed by atoms with E-state index in [2.05, 4.69) is 0 Å². The lowest BCUT2D eigenvalue weighted by molar-refractivity contribution is 0.107. The van der Waals surface area contributed by atoms with Crippen LogP contribution in [0.2, 0.25) is 0 Å². The summed E-state index contributed by atoms with van der Waals surface area (Å²) in [5, 5.41) is 0. The Morgan fingerprint density at radius 3 is 2.77 bits per heavy atom. The van der Waals surface area contributed by atoms with Gasteiger partial charge in [-0.25, -0.2) is 4.79 Å². The lowest BCUT2D eigenvalue weighted by Crippen LogP contribution is -2.32. The van der Waals surface area contributed by atoms with Gasteiger partial charge in [-0.1, -0.05) is 6.92 Å². The lowest BCUT2D eigenvalue weighted by atomic mass is 10.4. The number of carbonyl (C=O) groups is 1. The predicted octanol–water partition coefficient (Wildman–Crippen LogP) is 2.44. The summed E-state index contributed by atoms with van der Waals surface area (Å²) in [6, 6.07) is 0.235. The SMILES string of the molecule is CCCOC(=O)N(CCl)CC1CC1. The summed E-state index contributed by atoms with van der Waals surface area (Å²) < 4.78 is 4.98. The first kappa shape index (κ1) is 10.6. The minimum absolute atomic E-state index is 0.235. The highest BCUT2D eigenvalue weighted by molar-refractivity contribution is 6.18. The fourth-order valence-electron chi connectivity index (χ4n) is 1.06. The number of amides is 1. The lowest BCUT2D eigenvalue weighted by Gasteiger charge is -2.18. The average Bonchev–Trinajstić information content (AvgIpc) is 2.93. The summed E-state index contributed by atoms with van der Waals surface area (Å²) in [5.41, 5.74) is 0. The second-order valence-electron chi connectivity index (χ2n) is 3.40. The zero-order valence-corrected chi connectivity index (χ0v) is 8.72. The molecule has 0 heterocycles. The molecular weight excluding hydrogens is 190 g/mol. The van der Waals surface area contributed by atoms with E-state index in [-0.39, 0.29) is 12.1 Å². The van der Waals surface area contributed by atoms with Crippen LogP contribution in [0.3, 0.4) is 0 Å². The molecule has 3 nitrogen and oxygen atoms in total. The van der Waals surface area contributed by atoms with E-state index in [0.29, 0.717) is 12.5 Å². The Labute approximate surface area is 84.0 Å². The largest absolute Gasteiger partial charge is 0.449 e. The van der Waals surface area contributed by atoms with E-state index in [4.69, 9.17) is 16.3 Å². The highest BCUT2D eigenvalue weighted by Gasteiger charge is 2.26. The third-order valence-electron chi connectivity index (χ3n) is 2.01. The van der Waals surface area contributed by atoms with E-state index < -0.39 is 0 Å². The smallest absolute Gasteiger partial charge is 0.410 e. The van der Waals surface area contributed by atoms with Gasteiger partial charge in [0.1, 0.15) is 0 Å². The Morgan fingerprint density at radius 2 is 2.31 bits per heavy atom. The van der Waals surface area contributed by atoms with Crippen molar-refractivity contribution in [3.05, 3.63) is 0 Å². The van der Waals surface area contributed by atoms with Crippen molar-refractivity contribution in [1.29, 1.82) is 0 Å². The monoisotopic (exact) mass is 205 g/mol. The summed E-state index contributed by atoms with van der Waals surface area (Å²) in [4.78, 5) is 12.9. The van der Waals surface area contributed by atoms with E-state index in [0.717, 1.165) is 13.0 Å². The second kappa shape index (κ2) is 5.32. The Balaban J connectivity index is 2.21. The zero-order valence-electron chi connectivity index (χ0n) is 7.96. The molecule has 0 aromatic heterocycles. The molecule has 0 N–H and O–H groups in total. The average molecular weight is 206 g/mol. The number of alkyl halides is 1. The molecule has 0 aliphatic heterocycles. The Morgan fingerprint density at radius 1 is 1.62 bits per heavy atom. The van der Waals surface area contributed by atoms with Crippen LogP contribution in [0, 0.1) is 5.92 Å². The van der Waals surface area contributed by atoms with Crippen LogP contribution >= 0.6 is 11.6 Å². The van der Waals surface area contributed by atoms with Gasteiger partial charge in [-0.2, -0.15) is 0 Å². The van der Waals surface area contributed by atoms with E-state index in [9.17, 15) is 4.79 Å². The maximum absolute atomic E-state index is 11.3. The van der Waals surface area contributed by atoms with Gasteiger partial charge in [0.25, 0.3) is 0 Å². The number of carbonyl (C=O) groups excluding carboxylic acids is 1. The number of halogens is 1. The van der Waals surface area contributed by atoms with Crippen LogP contribution in [0.4, 0.5) is 4.79 Å². The highest BCUT2D eigenvalue weighted by atomic mass is 35.5. The molecule has 13 heavy (non-hydrogen) atoms. The Hall–Kier alpha value is -0.440. The molecule has 1 amide bonds. The Kier molecular flexibility index (Phi) is 4.36. The third kappa shape index (κ3) is 3.85. The number of hydrogen-bond donors (Lipinski definition) is 0. The van der Waals surface area contributed by atoms with Crippen LogP contribution < -0.4 is 0 Å². The molecule has 0 spiro atoms. The normalized spacial score (nSPS) is 15.5. The number of ether oxygens (including phenoxy) is 1. The van der Waals surface area contributed by atoms with Gasteiger partial charge in [-0.05, 0) is 25.2 Å². The summed E-state index contributed by atoms with van der Waals surface area (Å²) in [5.74, 6) is 0.660.